The molecule has 0 N–H and O–H groups in total. The summed E-state index contributed by atoms with van der Waals surface area (Å²) in [4.78, 5) is 11.3. The molecular formula is C14H24O2. The molecule has 2 atom stereocenters. The number of ether oxygens (including phenoxy) is 1. The van der Waals surface area contributed by atoms with Crippen LogP contribution in [-0.4, -0.2) is 13.1 Å². The van der Waals surface area contributed by atoms with Crippen molar-refractivity contribution in [2.45, 2.75) is 46.5 Å². The van der Waals surface area contributed by atoms with Gasteiger partial charge in [-0.2, -0.15) is 0 Å². The van der Waals surface area contributed by atoms with Crippen LogP contribution in [0.3, 0.4) is 0 Å². The highest BCUT2D eigenvalue weighted by atomic mass is 16.5. The minimum atomic E-state index is -0.0908. The molecule has 0 aromatic carbocycles. The van der Waals surface area contributed by atoms with Crippen LogP contribution in [0.1, 0.15) is 46.5 Å². The third-order valence-corrected chi connectivity index (χ3v) is 3.66. The first kappa shape index (κ1) is 13.3. The first-order valence-corrected chi connectivity index (χ1v) is 6.30. The summed E-state index contributed by atoms with van der Waals surface area (Å²) in [6, 6.07) is 0. The molecule has 0 radical (unpaired) electrons. The van der Waals surface area contributed by atoms with Crippen LogP contribution in [0.5, 0.6) is 0 Å². The van der Waals surface area contributed by atoms with Crippen molar-refractivity contribution in [3.8, 4) is 0 Å². The summed E-state index contributed by atoms with van der Waals surface area (Å²) >= 11 is 0. The zero-order valence-corrected chi connectivity index (χ0v) is 11.0. The zero-order valence-electron chi connectivity index (χ0n) is 11.0. The van der Waals surface area contributed by atoms with Crippen molar-refractivity contribution in [1.82, 2.24) is 0 Å². The maximum absolute atomic E-state index is 11.3. The molecule has 0 bridgehead atoms. The molecule has 0 saturated carbocycles. The van der Waals surface area contributed by atoms with Crippen LogP contribution >= 0.6 is 0 Å². The molecule has 1 unspecified atom stereocenters. The minimum Gasteiger partial charge on any atom is -0.469 e. The van der Waals surface area contributed by atoms with E-state index in [1.807, 2.05) is 6.92 Å². The number of hydrogen-bond donors (Lipinski definition) is 0. The number of allylic oxidation sites excluding steroid dienone is 2. The van der Waals surface area contributed by atoms with E-state index in [4.69, 9.17) is 4.74 Å². The largest absolute Gasteiger partial charge is 0.469 e. The lowest BCUT2D eigenvalue weighted by Crippen LogP contribution is -2.16. The van der Waals surface area contributed by atoms with Crippen LogP contribution in [0.25, 0.3) is 0 Å². The van der Waals surface area contributed by atoms with Crippen molar-refractivity contribution in [1.29, 1.82) is 0 Å². The van der Waals surface area contributed by atoms with E-state index in [1.54, 1.807) is 0 Å². The van der Waals surface area contributed by atoms with Crippen molar-refractivity contribution >= 4 is 5.97 Å². The first-order chi connectivity index (χ1) is 7.54. The van der Waals surface area contributed by atoms with Gasteiger partial charge in [0.25, 0.3) is 0 Å². The monoisotopic (exact) mass is 224 g/mol. The summed E-state index contributed by atoms with van der Waals surface area (Å²) in [7, 11) is 1.46. The maximum Gasteiger partial charge on any atom is 0.308 e. The van der Waals surface area contributed by atoms with E-state index >= 15 is 0 Å². The Kier molecular flexibility index (Phi) is 5.04. The highest BCUT2D eigenvalue weighted by molar-refractivity contribution is 5.72. The van der Waals surface area contributed by atoms with Crippen LogP contribution in [0.4, 0.5) is 0 Å². The fourth-order valence-corrected chi connectivity index (χ4v) is 2.38. The van der Waals surface area contributed by atoms with Crippen LogP contribution in [0.2, 0.25) is 0 Å². The first-order valence-electron chi connectivity index (χ1n) is 6.30. The third kappa shape index (κ3) is 3.66. The lowest BCUT2D eigenvalue weighted by atomic mass is 9.80. The van der Waals surface area contributed by atoms with E-state index < -0.39 is 0 Å². The molecule has 0 aliphatic heterocycles. The number of esters is 1. The SMILES string of the molecule is COC(=O)C(C)CC1=CC[C@@H](C(C)C)CC1. The average Bonchev–Trinajstić information content (AvgIpc) is 2.28. The fourth-order valence-electron chi connectivity index (χ4n) is 2.38. The van der Waals surface area contributed by atoms with Gasteiger partial charge in [0.05, 0.1) is 13.0 Å². The van der Waals surface area contributed by atoms with E-state index in [0.717, 1.165) is 24.7 Å². The Balaban J connectivity index is 2.43. The second kappa shape index (κ2) is 6.07. The molecule has 0 saturated heterocycles. The molecule has 16 heavy (non-hydrogen) atoms. The van der Waals surface area contributed by atoms with Crippen molar-refractivity contribution in [2.24, 2.45) is 17.8 Å². The van der Waals surface area contributed by atoms with Crippen molar-refractivity contribution in [3.63, 3.8) is 0 Å². The number of methoxy groups -OCH3 is 1. The molecular weight excluding hydrogens is 200 g/mol. The molecule has 0 aromatic heterocycles. The Morgan fingerprint density at radius 2 is 2.19 bits per heavy atom. The van der Waals surface area contributed by atoms with Gasteiger partial charge in [-0.1, -0.05) is 32.4 Å². The second-order valence-electron chi connectivity index (χ2n) is 5.27. The van der Waals surface area contributed by atoms with Crippen LogP contribution in [0.15, 0.2) is 11.6 Å². The summed E-state index contributed by atoms with van der Waals surface area (Å²) in [5.74, 6) is 1.52. The number of rotatable bonds is 4. The fraction of sp³-hybridized carbons (Fsp3) is 0.786. The number of carbonyl (C=O) groups excluding carboxylic acids is 1. The molecule has 2 heteroatoms. The van der Waals surface area contributed by atoms with Gasteiger partial charge in [-0.05, 0) is 37.5 Å². The Morgan fingerprint density at radius 1 is 1.50 bits per heavy atom. The highest BCUT2D eigenvalue weighted by Gasteiger charge is 2.20. The number of hydrogen-bond acceptors (Lipinski definition) is 2. The second-order valence-corrected chi connectivity index (χ2v) is 5.27. The maximum atomic E-state index is 11.3. The molecule has 0 amide bonds. The van der Waals surface area contributed by atoms with Crippen molar-refractivity contribution in [2.75, 3.05) is 7.11 Å². The van der Waals surface area contributed by atoms with Gasteiger partial charge in [0.2, 0.25) is 0 Å². The van der Waals surface area contributed by atoms with Crippen molar-refractivity contribution in [3.05, 3.63) is 11.6 Å². The van der Waals surface area contributed by atoms with Gasteiger partial charge >= 0.3 is 5.97 Å². The van der Waals surface area contributed by atoms with Gasteiger partial charge < -0.3 is 4.74 Å². The summed E-state index contributed by atoms with van der Waals surface area (Å²) in [6.07, 6.45) is 6.83. The van der Waals surface area contributed by atoms with E-state index in [-0.39, 0.29) is 11.9 Å². The summed E-state index contributed by atoms with van der Waals surface area (Å²) in [5, 5.41) is 0. The Hall–Kier alpha value is -0.790. The van der Waals surface area contributed by atoms with E-state index in [1.165, 1.54) is 25.5 Å². The Morgan fingerprint density at radius 3 is 2.62 bits per heavy atom. The van der Waals surface area contributed by atoms with Crippen LogP contribution in [0, 0.1) is 17.8 Å². The standard InChI is InChI=1S/C14H24O2/c1-10(2)13-7-5-12(6-8-13)9-11(3)14(15)16-4/h5,10-11,13H,6-9H2,1-4H3/t11?,13-/m1/s1. The topological polar surface area (TPSA) is 26.3 Å². The molecule has 1 aliphatic rings. The highest BCUT2D eigenvalue weighted by Crippen LogP contribution is 2.31. The Labute approximate surface area is 99.1 Å². The third-order valence-electron chi connectivity index (χ3n) is 3.66. The lowest BCUT2D eigenvalue weighted by Gasteiger charge is -2.25. The Bertz CT molecular complexity index is 266. The summed E-state index contributed by atoms with van der Waals surface area (Å²) in [6.45, 7) is 6.53. The minimum absolute atomic E-state index is 0.00634. The van der Waals surface area contributed by atoms with Crippen LogP contribution < -0.4 is 0 Å². The van der Waals surface area contributed by atoms with Gasteiger partial charge in [0.1, 0.15) is 0 Å². The molecule has 92 valence electrons. The smallest absolute Gasteiger partial charge is 0.308 e. The van der Waals surface area contributed by atoms with Gasteiger partial charge in [-0.3, -0.25) is 4.79 Å². The predicted molar refractivity (Wildman–Crippen MR) is 66.1 cm³/mol. The lowest BCUT2D eigenvalue weighted by molar-refractivity contribution is -0.144. The molecule has 1 rings (SSSR count). The number of carbonyl (C=O) groups is 1. The molecule has 2 nitrogen and oxygen atoms in total. The summed E-state index contributed by atoms with van der Waals surface area (Å²) < 4.78 is 4.75. The zero-order chi connectivity index (χ0) is 12.1. The quantitative estimate of drug-likeness (QED) is 0.539. The normalized spacial score (nSPS) is 22.8. The molecule has 0 fully saturated rings. The average molecular weight is 224 g/mol. The van der Waals surface area contributed by atoms with Crippen LogP contribution in [-0.2, 0) is 9.53 Å². The molecule has 0 spiro atoms. The van der Waals surface area contributed by atoms with E-state index in [0.29, 0.717) is 0 Å². The summed E-state index contributed by atoms with van der Waals surface area (Å²) in [5.41, 5.74) is 1.44. The molecule has 1 aliphatic carbocycles. The van der Waals surface area contributed by atoms with Gasteiger partial charge in [0.15, 0.2) is 0 Å². The van der Waals surface area contributed by atoms with E-state index in [2.05, 4.69) is 19.9 Å². The van der Waals surface area contributed by atoms with Crippen molar-refractivity contribution < 1.29 is 9.53 Å². The predicted octanol–water partition coefficient (Wildman–Crippen LogP) is 3.57. The van der Waals surface area contributed by atoms with Gasteiger partial charge in [0, 0.05) is 0 Å². The molecule has 0 aromatic rings. The van der Waals surface area contributed by atoms with E-state index in [9.17, 15) is 4.79 Å². The van der Waals surface area contributed by atoms with Gasteiger partial charge in [-0.25, -0.2) is 0 Å². The van der Waals surface area contributed by atoms with Gasteiger partial charge in [-0.15, -0.1) is 0 Å². The molecule has 0 heterocycles.